The van der Waals surface area contributed by atoms with E-state index in [4.69, 9.17) is 9.52 Å². The molecule has 0 bridgehead atoms. The maximum Gasteiger partial charge on any atom is 0.373 e. The molecule has 15 heavy (non-hydrogen) atoms. The molecule has 2 unspecified atom stereocenters. The smallest absolute Gasteiger partial charge is 0.373 e. The monoisotopic (exact) mass is 209 g/mol. The van der Waals surface area contributed by atoms with Crippen molar-refractivity contribution in [3.63, 3.8) is 0 Å². The van der Waals surface area contributed by atoms with Gasteiger partial charge in [0.25, 0.3) is 0 Å². The van der Waals surface area contributed by atoms with Crippen LogP contribution in [-0.2, 0) is 0 Å². The summed E-state index contributed by atoms with van der Waals surface area (Å²) in [6.07, 6.45) is 3.41. The third kappa shape index (κ3) is 1.76. The van der Waals surface area contributed by atoms with Crippen molar-refractivity contribution in [3.05, 3.63) is 17.3 Å². The van der Waals surface area contributed by atoms with Crippen molar-refractivity contribution in [2.45, 2.75) is 39.0 Å². The molecule has 1 N–H and O–H groups in total. The molecule has 0 amide bonds. The van der Waals surface area contributed by atoms with E-state index in [1.807, 2.05) is 0 Å². The first-order valence-electron chi connectivity index (χ1n) is 5.30. The lowest BCUT2D eigenvalue weighted by Crippen LogP contribution is -2.02. The number of hydrogen-bond acceptors (Lipinski definition) is 3. The molecule has 0 aliphatic heterocycles. The molecular weight excluding hydrogens is 194 g/mol. The number of carboxylic acid groups (broad SMARTS) is 1. The van der Waals surface area contributed by atoms with Gasteiger partial charge in [0, 0.05) is 5.92 Å². The van der Waals surface area contributed by atoms with E-state index in [0.717, 1.165) is 6.42 Å². The van der Waals surface area contributed by atoms with Gasteiger partial charge < -0.3 is 9.52 Å². The molecule has 1 heterocycles. The number of nitrogens with zero attached hydrogens (tertiary/aromatic N) is 1. The molecule has 1 aliphatic rings. The molecular formula is C11H15NO3. The molecule has 1 aliphatic carbocycles. The van der Waals surface area contributed by atoms with Gasteiger partial charge in [-0.3, -0.25) is 0 Å². The molecule has 2 atom stereocenters. The molecule has 0 radical (unpaired) electrons. The minimum atomic E-state index is -1.03. The Morgan fingerprint density at radius 1 is 1.53 bits per heavy atom. The van der Waals surface area contributed by atoms with E-state index in [2.05, 4.69) is 11.9 Å². The van der Waals surface area contributed by atoms with Crippen LogP contribution in [0.3, 0.4) is 0 Å². The second-order valence-electron chi connectivity index (χ2n) is 4.29. The average molecular weight is 209 g/mol. The lowest BCUT2D eigenvalue weighted by molar-refractivity contribution is 0.0658. The normalized spacial score (nSPS) is 25.7. The zero-order valence-corrected chi connectivity index (χ0v) is 8.99. The van der Waals surface area contributed by atoms with E-state index in [1.54, 1.807) is 6.92 Å². The summed E-state index contributed by atoms with van der Waals surface area (Å²) < 4.78 is 5.32. The summed E-state index contributed by atoms with van der Waals surface area (Å²) >= 11 is 0. The molecule has 4 nitrogen and oxygen atoms in total. The van der Waals surface area contributed by atoms with Crippen LogP contribution in [-0.4, -0.2) is 16.1 Å². The van der Waals surface area contributed by atoms with Crippen LogP contribution in [0, 0.1) is 12.8 Å². The molecule has 1 aromatic heterocycles. The van der Waals surface area contributed by atoms with E-state index in [-0.39, 0.29) is 5.76 Å². The van der Waals surface area contributed by atoms with E-state index < -0.39 is 5.97 Å². The summed E-state index contributed by atoms with van der Waals surface area (Å²) in [5.41, 5.74) is 0.483. The van der Waals surface area contributed by atoms with Crippen LogP contribution in [0.5, 0.6) is 0 Å². The summed E-state index contributed by atoms with van der Waals surface area (Å²) in [5.74, 6) is 0.414. The third-order valence-corrected chi connectivity index (χ3v) is 3.19. The largest absolute Gasteiger partial charge is 0.475 e. The maximum absolute atomic E-state index is 10.8. The van der Waals surface area contributed by atoms with Gasteiger partial charge in [0.1, 0.15) is 0 Å². The lowest BCUT2D eigenvalue weighted by atomic mass is 9.98. The number of aromatic carboxylic acids is 1. The van der Waals surface area contributed by atoms with E-state index >= 15 is 0 Å². The van der Waals surface area contributed by atoms with Gasteiger partial charge >= 0.3 is 5.97 Å². The molecule has 1 saturated carbocycles. The highest BCUT2D eigenvalue weighted by Crippen LogP contribution is 2.39. The molecule has 0 saturated heterocycles. The van der Waals surface area contributed by atoms with Crippen molar-refractivity contribution in [1.82, 2.24) is 4.98 Å². The van der Waals surface area contributed by atoms with Gasteiger partial charge in [-0.15, -0.1) is 0 Å². The number of carboxylic acids is 1. The van der Waals surface area contributed by atoms with E-state index in [0.29, 0.717) is 23.4 Å². The van der Waals surface area contributed by atoms with Crippen LogP contribution in [0.15, 0.2) is 4.42 Å². The maximum atomic E-state index is 10.8. The van der Waals surface area contributed by atoms with Crippen molar-refractivity contribution in [3.8, 4) is 0 Å². The van der Waals surface area contributed by atoms with E-state index in [9.17, 15) is 4.79 Å². The first-order chi connectivity index (χ1) is 7.09. The Bertz CT molecular complexity index is 383. The number of aryl methyl sites for hydroxylation is 1. The fourth-order valence-electron chi connectivity index (χ4n) is 2.29. The van der Waals surface area contributed by atoms with Gasteiger partial charge in [-0.1, -0.05) is 13.3 Å². The summed E-state index contributed by atoms with van der Waals surface area (Å²) in [4.78, 5) is 15.0. The zero-order valence-electron chi connectivity index (χ0n) is 8.99. The minimum absolute atomic E-state index is 0.0101. The fraction of sp³-hybridized carbons (Fsp3) is 0.636. The average Bonchev–Trinajstić information content (AvgIpc) is 2.71. The van der Waals surface area contributed by atoms with Crippen LogP contribution in [0.25, 0.3) is 0 Å². The Morgan fingerprint density at radius 2 is 2.27 bits per heavy atom. The highest BCUT2D eigenvalue weighted by Gasteiger charge is 2.30. The Kier molecular flexibility index (Phi) is 2.50. The lowest BCUT2D eigenvalue weighted by Gasteiger charge is -2.09. The number of hydrogen-bond donors (Lipinski definition) is 1. The van der Waals surface area contributed by atoms with E-state index in [1.165, 1.54) is 12.8 Å². The van der Waals surface area contributed by atoms with Gasteiger partial charge in [-0.25, -0.2) is 9.78 Å². The SMILES string of the molecule is Cc1nc(C2CCCC2C)oc1C(=O)O. The highest BCUT2D eigenvalue weighted by atomic mass is 16.4. The predicted octanol–water partition coefficient (Wildman–Crippen LogP) is 2.58. The van der Waals surface area contributed by atoms with Crippen molar-refractivity contribution in [2.75, 3.05) is 0 Å². The second kappa shape index (κ2) is 3.68. The number of oxazole rings is 1. The first kappa shape index (κ1) is 10.2. The van der Waals surface area contributed by atoms with Gasteiger partial charge in [-0.05, 0) is 25.7 Å². The molecule has 82 valence electrons. The van der Waals surface area contributed by atoms with Crippen molar-refractivity contribution >= 4 is 5.97 Å². The third-order valence-electron chi connectivity index (χ3n) is 3.19. The van der Waals surface area contributed by atoms with Crippen LogP contribution >= 0.6 is 0 Å². The standard InChI is InChI=1S/C11H15NO3/c1-6-4-3-5-8(6)10-12-7(2)9(15-10)11(13)14/h6,8H,3-5H2,1-2H3,(H,13,14). The topological polar surface area (TPSA) is 63.3 Å². The van der Waals surface area contributed by atoms with Crippen LogP contribution in [0.1, 0.15) is 54.2 Å². The van der Waals surface area contributed by atoms with Crippen molar-refractivity contribution in [2.24, 2.45) is 5.92 Å². The van der Waals surface area contributed by atoms with Crippen LogP contribution < -0.4 is 0 Å². The van der Waals surface area contributed by atoms with Crippen LogP contribution in [0.2, 0.25) is 0 Å². The number of rotatable bonds is 2. The molecule has 0 aromatic carbocycles. The number of aromatic nitrogens is 1. The quantitative estimate of drug-likeness (QED) is 0.813. The molecule has 1 aromatic rings. The summed E-state index contributed by atoms with van der Waals surface area (Å²) in [6, 6.07) is 0. The summed E-state index contributed by atoms with van der Waals surface area (Å²) in [6.45, 7) is 3.84. The Hall–Kier alpha value is -1.32. The molecule has 4 heteroatoms. The Labute approximate surface area is 88.3 Å². The Balaban J connectivity index is 2.29. The number of carbonyl (C=O) groups is 1. The predicted molar refractivity (Wildman–Crippen MR) is 54.0 cm³/mol. The van der Waals surface area contributed by atoms with Crippen molar-refractivity contribution in [1.29, 1.82) is 0 Å². The summed E-state index contributed by atoms with van der Waals surface area (Å²) in [7, 11) is 0. The highest BCUT2D eigenvalue weighted by molar-refractivity contribution is 5.85. The zero-order chi connectivity index (χ0) is 11.0. The second-order valence-corrected chi connectivity index (χ2v) is 4.29. The van der Waals surface area contributed by atoms with Gasteiger partial charge in [0.2, 0.25) is 5.76 Å². The first-order valence-corrected chi connectivity index (χ1v) is 5.30. The van der Waals surface area contributed by atoms with Crippen LogP contribution in [0.4, 0.5) is 0 Å². The minimum Gasteiger partial charge on any atom is -0.475 e. The van der Waals surface area contributed by atoms with Gasteiger partial charge in [0.15, 0.2) is 5.89 Å². The molecule has 1 fully saturated rings. The Morgan fingerprint density at radius 3 is 2.73 bits per heavy atom. The fourth-order valence-corrected chi connectivity index (χ4v) is 2.29. The van der Waals surface area contributed by atoms with Crippen molar-refractivity contribution < 1.29 is 14.3 Å². The van der Waals surface area contributed by atoms with Gasteiger partial charge in [0.05, 0.1) is 5.69 Å². The summed E-state index contributed by atoms with van der Waals surface area (Å²) in [5, 5.41) is 8.85. The molecule has 0 spiro atoms. The van der Waals surface area contributed by atoms with Gasteiger partial charge in [-0.2, -0.15) is 0 Å². The molecule has 2 rings (SSSR count).